The predicted molar refractivity (Wildman–Crippen MR) is 154 cm³/mol. The third-order valence-corrected chi connectivity index (χ3v) is 8.54. The van der Waals surface area contributed by atoms with Crippen LogP contribution in [0.5, 0.6) is 0 Å². The van der Waals surface area contributed by atoms with Gasteiger partial charge in [0.25, 0.3) is 11.8 Å². The molecule has 3 amide bonds. The molecule has 2 N–H and O–H groups in total. The number of carbonyl (C=O) groups is 3. The summed E-state index contributed by atoms with van der Waals surface area (Å²) in [6, 6.07) is 19.0. The number of fused-ring (bicyclic) bond motifs is 2. The average Bonchev–Trinajstić information content (AvgIpc) is 3.34. The van der Waals surface area contributed by atoms with E-state index in [2.05, 4.69) is 10.6 Å². The van der Waals surface area contributed by atoms with Gasteiger partial charge in [0.15, 0.2) is 0 Å². The van der Waals surface area contributed by atoms with Gasteiger partial charge in [-0.2, -0.15) is 0 Å². The topological polar surface area (TPSA) is 81.8 Å². The Labute approximate surface area is 229 Å². The molecular weight excluding hydrogens is 488 g/mol. The van der Waals surface area contributed by atoms with Crippen molar-refractivity contribution in [1.82, 2.24) is 10.2 Å². The molecule has 1 atom stereocenters. The van der Waals surface area contributed by atoms with Crippen LogP contribution in [0.3, 0.4) is 0 Å². The molecule has 1 aliphatic carbocycles. The normalized spacial score (nSPS) is 20.6. The summed E-state index contributed by atoms with van der Waals surface area (Å²) in [6.45, 7) is 3.02. The smallest absolute Gasteiger partial charge is 0.258 e. The monoisotopic (exact) mass is 524 g/mol. The van der Waals surface area contributed by atoms with Crippen LogP contribution in [-0.4, -0.2) is 54.8 Å². The fourth-order valence-electron chi connectivity index (χ4n) is 6.49. The molecule has 202 valence electrons. The first kappa shape index (κ1) is 25.6. The van der Waals surface area contributed by atoms with Crippen LogP contribution < -0.4 is 15.5 Å². The predicted octanol–water partition coefficient (Wildman–Crippen LogP) is 5.21. The zero-order valence-corrected chi connectivity index (χ0v) is 22.3. The fourth-order valence-corrected chi connectivity index (χ4v) is 6.49. The first-order valence-corrected chi connectivity index (χ1v) is 14.3. The van der Waals surface area contributed by atoms with Gasteiger partial charge in [-0.1, -0.05) is 49.6 Å². The highest BCUT2D eigenvalue weighted by molar-refractivity contribution is 6.13. The van der Waals surface area contributed by atoms with Crippen LogP contribution >= 0.6 is 0 Å². The summed E-state index contributed by atoms with van der Waals surface area (Å²) in [4.78, 5) is 44.7. The van der Waals surface area contributed by atoms with E-state index in [1.165, 1.54) is 6.42 Å². The van der Waals surface area contributed by atoms with Crippen LogP contribution in [0.1, 0.15) is 65.7 Å². The summed E-state index contributed by atoms with van der Waals surface area (Å²) >= 11 is 0. The van der Waals surface area contributed by atoms with Crippen molar-refractivity contribution >= 4 is 39.9 Å². The van der Waals surface area contributed by atoms with Crippen LogP contribution in [0.25, 0.3) is 10.8 Å². The lowest BCUT2D eigenvalue weighted by Gasteiger charge is -2.37. The minimum Gasteiger partial charge on any atom is -0.337 e. The molecule has 0 aromatic heterocycles. The van der Waals surface area contributed by atoms with Gasteiger partial charge in [-0.3, -0.25) is 14.4 Å². The molecule has 3 aromatic rings. The lowest BCUT2D eigenvalue weighted by atomic mass is 9.81. The highest BCUT2D eigenvalue weighted by Crippen LogP contribution is 2.40. The second kappa shape index (κ2) is 11.2. The van der Waals surface area contributed by atoms with E-state index in [1.807, 2.05) is 64.4 Å². The number of nitrogens with one attached hydrogen (secondary N) is 2. The van der Waals surface area contributed by atoms with E-state index < -0.39 is 0 Å². The Morgan fingerprint density at radius 1 is 0.769 bits per heavy atom. The number of rotatable bonds is 3. The van der Waals surface area contributed by atoms with Crippen molar-refractivity contribution in [1.29, 1.82) is 0 Å². The van der Waals surface area contributed by atoms with Gasteiger partial charge in [-0.05, 0) is 72.8 Å². The molecule has 2 aliphatic heterocycles. The first-order valence-electron chi connectivity index (χ1n) is 14.3. The maximum Gasteiger partial charge on any atom is 0.258 e. The third-order valence-electron chi connectivity index (χ3n) is 8.54. The van der Waals surface area contributed by atoms with Crippen LogP contribution in [-0.2, 0) is 4.79 Å². The van der Waals surface area contributed by atoms with Gasteiger partial charge in [0, 0.05) is 43.2 Å². The molecule has 2 fully saturated rings. The van der Waals surface area contributed by atoms with E-state index in [9.17, 15) is 14.4 Å². The van der Waals surface area contributed by atoms with Gasteiger partial charge < -0.3 is 20.4 Å². The van der Waals surface area contributed by atoms with Crippen molar-refractivity contribution in [3.63, 3.8) is 0 Å². The maximum atomic E-state index is 14.3. The Kier molecular flexibility index (Phi) is 7.33. The number of carbonyl (C=O) groups excluding carboxylic acids is 3. The Hall–Kier alpha value is -3.71. The van der Waals surface area contributed by atoms with Crippen molar-refractivity contribution in [3.05, 3.63) is 71.8 Å². The van der Waals surface area contributed by atoms with Crippen molar-refractivity contribution in [2.45, 2.75) is 51.0 Å². The van der Waals surface area contributed by atoms with Crippen molar-refractivity contribution < 1.29 is 14.4 Å². The van der Waals surface area contributed by atoms with Crippen LogP contribution in [0, 0.1) is 5.92 Å². The Bertz CT molecular complexity index is 1390. The molecule has 0 bridgehead atoms. The number of amides is 3. The Morgan fingerprint density at radius 2 is 1.54 bits per heavy atom. The van der Waals surface area contributed by atoms with E-state index in [0.29, 0.717) is 35.6 Å². The van der Waals surface area contributed by atoms with E-state index in [4.69, 9.17) is 0 Å². The first-order chi connectivity index (χ1) is 19.1. The van der Waals surface area contributed by atoms with E-state index in [-0.39, 0.29) is 36.1 Å². The Balaban J connectivity index is 1.41. The second-order valence-corrected chi connectivity index (χ2v) is 11.1. The molecule has 3 aliphatic rings. The summed E-state index contributed by atoms with van der Waals surface area (Å²) in [5.41, 5.74) is 2.34. The van der Waals surface area contributed by atoms with Gasteiger partial charge in [0.1, 0.15) is 0 Å². The van der Waals surface area contributed by atoms with Crippen LogP contribution in [0.4, 0.5) is 11.4 Å². The minimum atomic E-state index is -0.233. The standard InChI is InChI=1S/C32H36N4O3/c37-30-21-29(23-8-2-1-3-9-23)36(32(39)25-12-11-22-7-4-5-10-24(22)19-25)28-14-13-26(20-27(28)34-30)31(38)35-17-6-15-33-16-18-35/h4-5,7,10-14,19-20,23,29,33H,1-3,6,8-9,15-18,21H2,(H,34,37). The lowest BCUT2D eigenvalue weighted by molar-refractivity contribution is -0.116. The number of anilines is 2. The number of nitrogens with zero attached hydrogens (tertiary/aromatic N) is 2. The molecule has 0 radical (unpaired) electrons. The zero-order chi connectivity index (χ0) is 26.8. The number of hydrogen-bond acceptors (Lipinski definition) is 4. The minimum absolute atomic E-state index is 0.0452. The molecule has 1 saturated carbocycles. The lowest BCUT2D eigenvalue weighted by Crippen LogP contribution is -2.46. The summed E-state index contributed by atoms with van der Waals surface area (Å²) < 4.78 is 0. The van der Waals surface area contributed by atoms with E-state index in [0.717, 1.165) is 56.0 Å². The summed E-state index contributed by atoms with van der Waals surface area (Å²) in [5.74, 6) is -0.00190. The number of hydrogen-bond donors (Lipinski definition) is 2. The van der Waals surface area contributed by atoms with Gasteiger partial charge in [0.2, 0.25) is 5.91 Å². The third kappa shape index (κ3) is 5.28. The summed E-state index contributed by atoms with van der Waals surface area (Å²) in [7, 11) is 0. The van der Waals surface area contributed by atoms with Crippen LogP contribution in [0.2, 0.25) is 0 Å². The highest BCUT2D eigenvalue weighted by Gasteiger charge is 2.38. The molecule has 1 unspecified atom stereocenters. The van der Waals surface area contributed by atoms with Crippen molar-refractivity contribution in [2.75, 3.05) is 36.4 Å². The van der Waals surface area contributed by atoms with E-state index >= 15 is 0 Å². The molecule has 6 rings (SSSR count). The van der Waals surface area contributed by atoms with Gasteiger partial charge in [-0.15, -0.1) is 0 Å². The van der Waals surface area contributed by atoms with Gasteiger partial charge in [0.05, 0.1) is 11.4 Å². The Morgan fingerprint density at radius 3 is 2.38 bits per heavy atom. The molecular formula is C32H36N4O3. The molecule has 7 heteroatoms. The second-order valence-electron chi connectivity index (χ2n) is 11.1. The summed E-state index contributed by atoms with van der Waals surface area (Å²) in [5, 5.41) is 8.48. The average molecular weight is 525 g/mol. The molecule has 0 spiro atoms. The largest absolute Gasteiger partial charge is 0.337 e. The molecule has 3 aromatic carbocycles. The molecule has 7 nitrogen and oxygen atoms in total. The van der Waals surface area contributed by atoms with E-state index in [1.54, 1.807) is 6.07 Å². The number of benzene rings is 3. The quantitative estimate of drug-likeness (QED) is 0.493. The van der Waals surface area contributed by atoms with Gasteiger partial charge in [-0.25, -0.2) is 0 Å². The maximum absolute atomic E-state index is 14.3. The molecule has 1 saturated heterocycles. The molecule has 39 heavy (non-hydrogen) atoms. The molecule has 2 heterocycles. The highest BCUT2D eigenvalue weighted by atomic mass is 16.2. The zero-order valence-electron chi connectivity index (χ0n) is 22.3. The SMILES string of the molecule is O=C1CC(C2CCCCC2)N(C(=O)c2ccc3ccccc3c2)c2ccc(C(=O)N3CCCNCC3)cc2N1. The summed E-state index contributed by atoms with van der Waals surface area (Å²) in [6.07, 6.45) is 6.60. The fraction of sp³-hybridized carbons (Fsp3) is 0.406. The van der Waals surface area contributed by atoms with Crippen LogP contribution in [0.15, 0.2) is 60.7 Å². The van der Waals surface area contributed by atoms with Crippen molar-refractivity contribution in [2.24, 2.45) is 5.92 Å². The van der Waals surface area contributed by atoms with Gasteiger partial charge >= 0.3 is 0 Å². The van der Waals surface area contributed by atoms with Crippen molar-refractivity contribution in [3.8, 4) is 0 Å².